The van der Waals surface area contributed by atoms with Crippen LogP contribution in [-0.4, -0.2) is 11.4 Å². The first kappa shape index (κ1) is 13.8. The summed E-state index contributed by atoms with van der Waals surface area (Å²) in [6.45, 7) is 2.12. The monoisotopic (exact) mass is 280 g/mol. The first-order valence-corrected chi connectivity index (χ1v) is 7.38. The van der Waals surface area contributed by atoms with Gasteiger partial charge < -0.3 is 11.1 Å². The van der Waals surface area contributed by atoms with Crippen molar-refractivity contribution in [3.8, 4) is 0 Å². The summed E-state index contributed by atoms with van der Waals surface area (Å²) in [4.78, 5) is 12.3. The highest BCUT2D eigenvalue weighted by molar-refractivity contribution is 6.04. The summed E-state index contributed by atoms with van der Waals surface area (Å²) in [5, 5.41) is 3.02. The highest BCUT2D eigenvalue weighted by atomic mass is 16.1. The fourth-order valence-electron chi connectivity index (χ4n) is 2.83. The molecule has 2 aromatic rings. The first-order valence-electron chi connectivity index (χ1n) is 7.38. The maximum atomic E-state index is 12.3. The molecule has 0 unspecified atom stereocenters. The lowest BCUT2D eigenvalue weighted by atomic mass is 10.0. The Labute approximate surface area is 125 Å². The zero-order valence-corrected chi connectivity index (χ0v) is 12.2. The smallest absolute Gasteiger partial charge is 0.255 e. The van der Waals surface area contributed by atoms with Gasteiger partial charge in [-0.2, -0.15) is 0 Å². The number of nitrogens with one attached hydrogen (secondary N) is 1. The molecule has 1 aliphatic carbocycles. The van der Waals surface area contributed by atoms with Gasteiger partial charge in [0, 0.05) is 22.7 Å². The van der Waals surface area contributed by atoms with Gasteiger partial charge in [0.15, 0.2) is 0 Å². The van der Waals surface area contributed by atoms with Gasteiger partial charge in [-0.1, -0.05) is 43.3 Å². The fraction of sp³-hybridized carbons (Fsp3) is 0.278. The Kier molecular flexibility index (Phi) is 3.52. The molecule has 0 aromatic heterocycles. The molecule has 3 heteroatoms. The summed E-state index contributed by atoms with van der Waals surface area (Å²) < 4.78 is 0. The van der Waals surface area contributed by atoms with Gasteiger partial charge in [0.1, 0.15) is 0 Å². The van der Waals surface area contributed by atoms with Crippen molar-refractivity contribution in [1.29, 1.82) is 0 Å². The van der Waals surface area contributed by atoms with Crippen LogP contribution in [0.1, 0.15) is 41.6 Å². The molecule has 0 heterocycles. The molecular weight excluding hydrogens is 260 g/mol. The molecule has 1 aliphatic rings. The third kappa shape index (κ3) is 2.69. The zero-order chi connectivity index (χ0) is 14.9. The van der Waals surface area contributed by atoms with E-state index >= 15 is 0 Å². The number of carbonyl (C=O) groups is 1. The van der Waals surface area contributed by atoms with Gasteiger partial charge in [-0.3, -0.25) is 4.79 Å². The number of anilines is 1. The zero-order valence-electron chi connectivity index (χ0n) is 12.2. The van der Waals surface area contributed by atoms with Crippen LogP contribution in [0.3, 0.4) is 0 Å². The van der Waals surface area contributed by atoms with Crippen LogP contribution in [-0.2, 0) is 0 Å². The van der Waals surface area contributed by atoms with E-state index < -0.39 is 0 Å². The minimum atomic E-state index is -0.104. The normalized spacial score (nSPS) is 23.6. The van der Waals surface area contributed by atoms with Crippen LogP contribution in [0.5, 0.6) is 0 Å². The molecule has 0 radical (unpaired) electrons. The maximum Gasteiger partial charge on any atom is 0.255 e. The molecule has 3 rings (SSSR count). The Balaban J connectivity index is 1.82. The van der Waals surface area contributed by atoms with Crippen molar-refractivity contribution in [3.63, 3.8) is 0 Å². The second-order valence-electron chi connectivity index (χ2n) is 5.75. The average Bonchev–Trinajstić information content (AvgIpc) is 3.21. The van der Waals surface area contributed by atoms with Crippen LogP contribution in [0.4, 0.5) is 5.69 Å². The lowest BCUT2D eigenvalue weighted by Gasteiger charge is -2.13. The van der Waals surface area contributed by atoms with E-state index in [1.807, 2.05) is 48.5 Å². The minimum Gasteiger partial charge on any atom is -0.325 e. The molecule has 2 aromatic carbocycles. The van der Waals surface area contributed by atoms with Gasteiger partial charge in [-0.25, -0.2) is 0 Å². The summed E-state index contributed by atoms with van der Waals surface area (Å²) in [5.74, 6) is 0.262. The number of carbonyl (C=O) groups excluding carboxylic acids is 1. The molecular formula is C18H20N2O. The number of hydrogen-bond donors (Lipinski definition) is 2. The van der Waals surface area contributed by atoms with Crippen molar-refractivity contribution < 1.29 is 4.79 Å². The van der Waals surface area contributed by atoms with Gasteiger partial charge in [0.25, 0.3) is 5.91 Å². The van der Waals surface area contributed by atoms with Gasteiger partial charge in [0.2, 0.25) is 0 Å². The van der Waals surface area contributed by atoms with E-state index in [0.717, 1.165) is 24.1 Å². The van der Waals surface area contributed by atoms with Crippen molar-refractivity contribution >= 4 is 11.6 Å². The molecule has 1 fully saturated rings. The van der Waals surface area contributed by atoms with E-state index in [0.29, 0.717) is 11.5 Å². The van der Waals surface area contributed by atoms with Crippen molar-refractivity contribution in [1.82, 2.24) is 0 Å². The molecule has 1 saturated carbocycles. The molecule has 3 N–H and O–H groups in total. The van der Waals surface area contributed by atoms with Crippen molar-refractivity contribution in [2.24, 2.45) is 5.73 Å². The van der Waals surface area contributed by atoms with Crippen LogP contribution in [0.2, 0.25) is 0 Å². The number of amides is 1. The fourth-order valence-corrected chi connectivity index (χ4v) is 2.83. The van der Waals surface area contributed by atoms with Gasteiger partial charge in [-0.05, 0) is 36.6 Å². The molecule has 0 bridgehead atoms. The van der Waals surface area contributed by atoms with E-state index in [1.165, 1.54) is 0 Å². The average molecular weight is 280 g/mol. The summed E-state index contributed by atoms with van der Waals surface area (Å²) >= 11 is 0. The SMILES string of the molecule is CC[C@]1(N)C[C@H]1c1ccccc1NC(=O)c1ccccc1. The third-order valence-electron chi connectivity index (χ3n) is 4.40. The molecule has 0 spiro atoms. The lowest BCUT2D eigenvalue weighted by Crippen LogP contribution is -2.23. The minimum absolute atomic E-state index is 0.0807. The molecule has 0 aliphatic heterocycles. The van der Waals surface area contributed by atoms with Crippen molar-refractivity contribution in [3.05, 3.63) is 65.7 Å². The molecule has 0 saturated heterocycles. The predicted octanol–water partition coefficient (Wildman–Crippen LogP) is 3.53. The molecule has 2 atom stereocenters. The number of benzene rings is 2. The first-order chi connectivity index (χ1) is 10.1. The van der Waals surface area contributed by atoms with Crippen molar-refractivity contribution in [2.75, 3.05) is 5.32 Å². The highest BCUT2D eigenvalue weighted by Crippen LogP contribution is 2.53. The van der Waals surface area contributed by atoms with Crippen molar-refractivity contribution in [2.45, 2.75) is 31.2 Å². The number of para-hydroxylation sites is 1. The van der Waals surface area contributed by atoms with E-state index in [9.17, 15) is 4.79 Å². The van der Waals surface area contributed by atoms with E-state index in [2.05, 4.69) is 18.3 Å². The summed E-state index contributed by atoms with van der Waals surface area (Å²) in [7, 11) is 0. The Hall–Kier alpha value is -2.13. The van der Waals surface area contributed by atoms with E-state index in [-0.39, 0.29) is 11.4 Å². The summed E-state index contributed by atoms with van der Waals surface area (Å²) in [6, 6.07) is 17.2. The Morgan fingerprint density at radius 2 is 1.86 bits per heavy atom. The Bertz CT molecular complexity index is 653. The van der Waals surface area contributed by atoms with Gasteiger partial charge in [-0.15, -0.1) is 0 Å². The van der Waals surface area contributed by atoms with Crippen LogP contribution in [0.15, 0.2) is 54.6 Å². The third-order valence-corrected chi connectivity index (χ3v) is 4.40. The Morgan fingerprint density at radius 3 is 2.52 bits per heavy atom. The number of hydrogen-bond acceptors (Lipinski definition) is 2. The summed E-state index contributed by atoms with van der Waals surface area (Å²) in [5.41, 5.74) is 8.90. The molecule has 1 amide bonds. The molecule has 3 nitrogen and oxygen atoms in total. The second-order valence-corrected chi connectivity index (χ2v) is 5.75. The maximum absolute atomic E-state index is 12.3. The topological polar surface area (TPSA) is 55.1 Å². The Morgan fingerprint density at radius 1 is 1.19 bits per heavy atom. The highest BCUT2D eigenvalue weighted by Gasteiger charge is 2.50. The molecule has 21 heavy (non-hydrogen) atoms. The standard InChI is InChI=1S/C18H20N2O/c1-2-18(19)12-15(18)14-10-6-7-11-16(14)20-17(21)13-8-4-3-5-9-13/h3-11,15H,2,12,19H2,1H3,(H,20,21)/t15-,18-/m0/s1. The molecule has 108 valence electrons. The summed E-state index contributed by atoms with van der Waals surface area (Å²) in [6.07, 6.45) is 1.94. The second kappa shape index (κ2) is 5.34. The predicted molar refractivity (Wildman–Crippen MR) is 85.4 cm³/mol. The lowest BCUT2D eigenvalue weighted by molar-refractivity contribution is 0.102. The van der Waals surface area contributed by atoms with Crippen LogP contribution in [0, 0.1) is 0 Å². The van der Waals surface area contributed by atoms with Crippen LogP contribution >= 0.6 is 0 Å². The van der Waals surface area contributed by atoms with Crippen LogP contribution in [0.25, 0.3) is 0 Å². The number of rotatable bonds is 4. The van der Waals surface area contributed by atoms with Crippen LogP contribution < -0.4 is 11.1 Å². The van der Waals surface area contributed by atoms with Gasteiger partial charge >= 0.3 is 0 Å². The van der Waals surface area contributed by atoms with E-state index in [4.69, 9.17) is 5.73 Å². The van der Waals surface area contributed by atoms with Gasteiger partial charge in [0.05, 0.1) is 0 Å². The quantitative estimate of drug-likeness (QED) is 0.900. The largest absolute Gasteiger partial charge is 0.325 e. The number of nitrogens with two attached hydrogens (primary N) is 1. The van der Waals surface area contributed by atoms with E-state index in [1.54, 1.807) is 0 Å².